The summed E-state index contributed by atoms with van der Waals surface area (Å²) in [6.07, 6.45) is 0.665. The molecule has 0 radical (unpaired) electrons. The number of hydrogen-bond acceptors (Lipinski definition) is 3. The normalized spacial score (nSPS) is 22.0. The predicted molar refractivity (Wildman–Crippen MR) is 70.0 cm³/mol. The van der Waals surface area contributed by atoms with Crippen LogP contribution in [0.1, 0.15) is 12.0 Å². The van der Waals surface area contributed by atoms with Crippen LogP contribution in [-0.2, 0) is 16.1 Å². The van der Waals surface area contributed by atoms with Crippen molar-refractivity contribution in [2.24, 2.45) is 0 Å². The number of likely N-dealkylation sites (N-methyl/N-ethyl adjacent to an activating group) is 1. The van der Waals surface area contributed by atoms with Gasteiger partial charge in [-0.15, -0.1) is 0 Å². The molecule has 1 aromatic rings. The van der Waals surface area contributed by atoms with E-state index >= 15 is 0 Å². The van der Waals surface area contributed by atoms with Crippen LogP contribution in [0.4, 0.5) is 8.78 Å². The van der Waals surface area contributed by atoms with Gasteiger partial charge < -0.3 is 15.0 Å². The lowest BCUT2D eigenvalue weighted by Crippen LogP contribution is -2.41. The first-order valence-electron chi connectivity index (χ1n) is 6.46. The third-order valence-corrected chi connectivity index (χ3v) is 3.50. The Morgan fingerprint density at radius 2 is 2.20 bits per heavy atom. The van der Waals surface area contributed by atoms with Gasteiger partial charge in [-0.05, 0) is 24.1 Å². The Kier molecular flexibility index (Phi) is 4.67. The van der Waals surface area contributed by atoms with E-state index in [1.54, 1.807) is 14.2 Å². The van der Waals surface area contributed by atoms with Gasteiger partial charge in [-0.3, -0.25) is 4.79 Å². The van der Waals surface area contributed by atoms with Gasteiger partial charge in [-0.1, -0.05) is 6.07 Å². The van der Waals surface area contributed by atoms with Crippen molar-refractivity contribution in [2.45, 2.75) is 25.1 Å². The third-order valence-electron chi connectivity index (χ3n) is 3.50. The zero-order chi connectivity index (χ0) is 14.7. The molecule has 1 amide bonds. The summed E-state index contributed by atoms with van der Waals surface area (Å²) in [4.78, 5) is 13.7. The minimum absolute atomic E-state index is 0.0422. The standard InChI is InChI=1S/C14H18F2N2O2/c1-18(8-9-3-4-11(15)12(16)5-9)14(19)13-6-10(20-2)7-17-13/h3-5,10,13,17H,6-8H2,1-2H3. The topological polar surface area (TPSA) is 41.6 Å². The molecule has 2 rings (SSSR count). The van der Waals surface area contributed by atoms with Crippen LogP contribution in [0.3, 0.4) is 0 Å². The molecule has 1 aliphatic heterocycles. The quantitative estimate of drug-likeness (QED) is 0.906. The first kappa shape index (κ1) is 14.9. The van der Waals surface area contributed by atoms with Crippen molar-refractivity contribution in [1.29, 1.82) is 0 Å². The lowest BCUT2D eigenvalue weighted by molar-refractivity contribution is -0.132. The first-order chi connectivity index (χ1) is 9.51. The van der Waals surface area contributed by atoms with Gasteiger partial charge in [0.25, 0.3) is 0 Å². The van der Waals surface area contributed by atoms with Crippen LogP contribution >= 0.6 is 0 Å². The summed E-state index contributed by atoms with van der Waals surface area (Å²) in [6.45, 7) is 0.887. The minimum atomic E-state index is -0.901. The van der Waals surface area contributed by atoms with Crippen molar-refractivity contribution in [3.8, 4) is 0 Å². The molecular formula is C14H18F2N2O2. The second kappa shape index (κ2) is 6.28. The molecule has 1 aromatic carbocycles. The molecular weight excluding hydrogens is 266 g/mol. The van der Waals surface area contributed by atoms with Crippen LogP contribution in [0.25, 0.3) is 0 Å². The zero-order valence-corrected chi connectivity index (χ0v) is 11.5. The first-order valence-corrected chi connectivity index (χ1v) is 6.46. The molecule has 6 heteroatoms. The van der Waals surface area contributed by atoms with E-state index in [1.807, 2.05) is 0 Å². The molecule has 0 spiro atoms. The number of ether oxygens (including phenoxy) is 1. The van der Waals surface area contributed by atoms with Crippen molar-refractivity contribution in [3.05, 3.63) is 35.4 Å². The maximum Gasteiger partial charge on any atom is 0.239 e. The average molecular weight is 284 g/mol. The molecule has 2 unspecified atom stereocenters. The highest BCUT2D eigenvalue weighted by Gasteiger charge is 2.31. The largest absolute Gasteiger partial charge is 0.380 e. The number of hydrogen-bond donors (Lipinski definition) is 1. The number of nitrogens with zero attached hydrogens (tertiary/aromatic N) is 1. The molecule has 110 valence electrons. The van der Waals surface area contributed by atoms with Crippen LogP contribution in [0, 0.1) is 11.6 Å². The van der Waals surface area contributed by atoms with Gasteiger partial charge in [-0.25, -0.2) is 8.78 Å². The van der Waals surface area contributed by atoms with Gasteiger partial charge in [0.2, 0.25) is 5.91 Å². The van der Waals surface area contributed by atoms with Gasteiger partial charge in [0.15, 0.2) is 11.6 Å². The zero-order valence-electron chi connectivity index (χ0n) is 11.5. The highest BCUT2D eigenvalue weighted by molar-refractivity contribution is 5.82. The second-order valence-electron chi connectivity index (χ2n) is 5.00. The molecule has 0 aromatic heterocycles. The van der Waals surface area contributed by atoms with Crippen molar-refractivity contribution in [2.75, 3.05) is 20.7 Å². The smallest absolute Gasteiger partial charge is 0.239 e. The lowest BCUT2D eigenvalue weighted by Gasteiger charge is -2.21. The molecule has 1 saturated heterocycles. The van der Waals surface area contributed by atoms with Crippen molar-refractivity contribution in [1.82, 2.24) is 10.2 Å². The lowest BCUT2D eigenvalue weighted by atomic mass is 10.1. The number of carbonyl (C=O) groups excluding carboxylic acids is 1. The molecule has 0 bridgehead atoms. The highest BCUT2D eigenvalue weighted by atomic mass is 19.2. The summed E-state index contributed by atoms with van der Waals surface area (Å²) in [7, 11) is 3.26. The van der Waals surface area contributed by atoms with Crippen LogP contribution < -0.4 is 5.32 Å². The van der Waals surface area contributed by atoms with Gasteiger partial charge >= 0.3 is 0 Å². The Balaban J connectivity index is 1.95. The molecule has 1 N–H and O–H groups in total. The molecule has 0 saturated carbocycles. The molecule has 0 aliphatic carbocycles. The van der Waals surface area contributed by atoms with E-state index in [2.05, 4.69) is 5.32 Å². The van der Waals surface area contributed by atoms with Crippen molar-refractivity contribution >= 4 is 5.91 Å². The van der Waals surface area contributed by atoms with Gasteiger partial charge in [-0.2, -0.15) is 0 Å². The van der Waals surface area contributed by atoms with E-state index in [0.717, 1.165) is 12.1 Å². The fourth-order valence-electron chi connectivity index (χ4n) is 2.33. The summed E-state index contributed by atoms with van der Waals surface area (Å²) in [5.74, 6) is -1.86. The molecule has 2 atom stereocenters. The Bertz CT molecular complexity index is 496. The van der Waals surface area contributed by atoms with Crippen LogP contribution in [0.2, 0.25) is 0 Å². The number of carbonyl (C=O) groups is 1. The molecule has 4 nitrogen and oxygen atoms in total. The number of benzene rings is 1. The van der Waals surface area contributed by atoms with Gasteiger partial charge in [0.1, 0.15) is 0 Å². The molecule has 1 aliphatic rings. The maximum absolute atomic E-state index is 13.1. The van der Waals surface area contributed by atoms with Gasteiger partial charge in [0.05, 0.1) is 12.1 Å². The summed E-state index contributed by atoms with van der Waals surface area (Å²) in [5, 5.41) is 3.09. The van der Waals surface area contributed by atoms with Crippen LogP contribution in [0.5, 0.6) is 0 Å². The summed E-state index contributed by atoms with van der Waals surface area (Å²) >= 11 is 0. The summed E-state index contributed by atoms with van der Waals surface area (Å²) in [5.41, 5.74) is 0.557. The number of halogens is 2. The van der Waals surface area contributed by atoms with E-state index in [-0.39, 0.29) is 24.6 Å². The molecule has 1 heterocycles. The Hall–Kier alpha value is -1.53. The van der Waals surface area contributed by atoms with E-state index in [9.17, 15) is 13.6 Å². The fraction of sp³-hybridized carbons (Fsp3) is 0.500. The maximum atomic E-state index is 13.1. The van der Waals surface area contributed by atoms with Crippen molar-refractivity contribution in [3.63, 3.8) is 0 Å². The SMILES string of the molecule is COC1CNC(C(=O)N(C)Cc2ccc(F)c(F)c2)C1. The van der Waals surface area contributed by atoms with Crippen LogP contribution in [-0.4, -0.2) is 43.7 Å². The van der Waals surface area contributed by atoms with Gasteiger partial charge in [0, 0.05) is 27.2 Å². The Morgan fingerprint density at radius 1 is 1.45 bits per heavy atom. The molecule has 1 fully saturated rings. The Labute approximate surface area is 116 Å². The van der Waals surface area contributed by atoms with E-state index in [0.29, 0.717) is 18.5 Å². The monoisotopic (exact) mass is 284 g/mol. The Morgan fingerprint density at radius 3 is 2.80 bits per heavy atom. The number of rotatable bonds is 4. The highest BCUT2D eigenvalue weighted by Crippen LogP contribution is 2.14. The minimum Gasteiger partial charge on any atom is -0.380 e. The van der Waals surface area contributed by atoms with Crippen molar-refractivity contribution < 1.29 is 18.3 Å². The summed E-state index contributed by atoms with van der Waals surface area (Å²) < 4.78 is 31.2. The third kappa shape index (κ3) is 3.32. The van der Waals surface area contributed by atoms with E-state index < -0.39 is 11.6 Å². The van der Waals surface area contributed by atoms with E-state index in [1.165, 1.54) is 11.0 Å². The number of amides is 1. The number of methoxy groups -OCH3 is 1. The molecule has 20 heavy (non-hydrogen) atoms. The van der Waals surface area contributed by atoms with Crippen LogP contribution in [0.15, 0.2) is 18.2 Å². The predicted octanol–water partition coefficient (Wildman–Crippen LogP) is 1.30. The number of nitrogens with one attached hydrogen (secondary N) is 1. The summed E-state index contributed by atoms with van der Waals surface area (Å²) in [6, 6.07) is 3.37. The average Bonchev–Trinajstić information content (AvgIpc) is 2.91. The fourth-order valence-corrected chi connectivity index (χ4v) is 2.33. The second-order valence-corrected chi connectivity index (χ2v) is 5.00. The van der Waals surface area contributed by atoms with E-state index in [4.69, 9.17) is 4.74 Å².